The van der Waals surface area contributed by atoms with E-state index in [4.69, 9.17) is 9.47 Å². The molecule has 0 radical (unpaired) electrons. The van der Waals surface area contributed by atoms with Gasteiger partial charge in [0.25, 0.3) is 5.88 Å². The molecule has 0 fully saturated rings. The highest BCUT2D eigenvalue weighted by molar-refractivity contribution is 5.78. The van der Waals surface area contributed by atoms with Gasteiger partial charge in [0.1, 0.15) is 13.2 Å². The standard InChI is InChI=1S/C8H10N2O3/c1-2-10-8-7(6(5-11)9-10)12-3-4-13-8/h5H,2-4H2,1H3. The van der Waals surface area contributed by atoms with Gasteiger partial charge in [-0.3, -0.25) is 4.79 Å². The number of aromatic nitrogens is 2. The molecular weight excluding hydrogens is 172 g/mol. The summed E-state index contributed by atoms with van der Waals surface area (Å²) in [5, 5.41) is 4.03. The summed E-state index contributed by atoms with van der Waals surface area (Å²) in [4.78, 5) is 10.6. The molecule has 0 aromatic carbocycles. The van der Waals surface area contributed by atoms with E-state index in [0.717, 1.165) is 0 Å². The molecule has 1 aliphatic rings. The molecule has 0 amide bonds. The average Bonchev–Trinajstić information content (AvgIpc) is 2.56. The predicted octanol–water partition coefficient (Wildman–Crippen LogP) is 0.487. The molecule has 0 atom stereocenters. The first-order valence-corrected chi connectivity index (χ1v) is 4.18. The van der Waals surface area contributed by atoms with Crippen LogP contribution in [0.3, 0.4) is 0 Å². The molecule has 1 aliphatic heterocycles. The van der Waals surface area contributed by atoms with E-state index in [9.17, 15) is 4.79 Å². The fourth-order valence-electron chi connectivity index (χ4n) is 1.30. The highest BCUT2D eigenvalue weighted by Crippen LogP contribution is 2.32. The largest absolute Gasteiger partial charge is 0.483 e. The third-order valence-corrected chi connectivity index (χ3v) is 1.87. The number of ether oxygens (including phenoxy) is 2. The summed E-state index contributed by atoms with van der Waals surface area (Å²) in [5.74, 6) is 1.04. The maximum Gasteiger partial charge on any atom is 0.256 e. The van der Waals surface area contributed by atoms with Crippen LogP contribution in [-0.4, -0.2) is 29.3 Å². The minimum Gasteiger partial charge on any atom is -0.483 e. The lowest BCUT2D eigenvalue weighted by Crippen LogP contribution is -2.17. The zero-order valence-electron chi connectivity index (χ0n) is 7.32. The van der Waals surface area contributed by atoms with Crippen molar-refractivity contribution >= 4 is 6.29 Å². The highest BCUT2D eigenvalue weighted by atomic mass is 16.6. The molecule has 0 saturated carbocycles. The molecule has 1 aromatic rings. The van der Waals surface area contributed by atoms with Crippen molar-refractivity contribution in [3.63, 3.8) is 0 Å². The molecule has 0 spiro atoms. The fraction of sp³-hybridized carbons (Fsp3) is 0.500. The summed E-state index contributed by atoms with van der Waals surface area (Å²) < 4.78 is 12.3. The highest BCUT2D eigenvalue weighted by Gasteiger charge is 2.22. The van der Waals surface area contributed by atoms with Crippen LogP contribution in [0.4, 0.5) is 0 Å². The van der Waals surface area contributed by atoms with E-state index in [1.807, 2.05) is 6.92 Å². The maximum atomic E-state index is 10.6. The Morgan fingerprint density at radius 1 is 1.54 bits per heavy atom. The lowest BCUT2D eigenvalue weighted by molar-refractivity contribution is 0.111. The van der Waals surface area contributed by atoms with Crippen LogP contribution in [-0.2, 0) is 6.54 Å². The van der Waals surface area contributed by atoms with Crippen molar-refractivity contribution < 1.29 is 14.3 Å². The fourth-order valence-corrected chi connectivity index (χ4v) is 1.30. The van der Waals surface area contributed by atoms with E-state index >= 15 is 0 Å². The van der Waals surface area contributed by atoms with E-state index in [-0.39, 0.29) is 0 Å². The molecule has 2 rings (SSSR count). The molecule has 5 heteroatoms. The minimum atomic E-state index is 0.316. The average molecular weight is 182 g/mol. The maximum absolute atomic E-state index is 10.6. The van der Waals surface area contributed by atoms with Crippen molar-refractivity contribution in [2.24, 2.45) is 0 Å². The molecular formula is C8H10N2O3. The van der Waals surface area contributed by atoms with Gasteiger partial charge in [-0.1, -0.05) is 0 Å². The van der Waals surface area contributed by atoms with Crippen LogP contribution < -0.4 is 9.47 Å². The minimum absolute atomic E-state index is 0.316. The Balaban J connectivity index is 2.50. The number of carbonyl (C=O) groups is 1. The smallest absolute Gasteiger partial charge is 0.256 e. The van der Waals surface area contributed by atoms with Gasteiger partial charge in [-0.15, -0.1) is 0 Å². The van der Waals surface area contributed by atoms with Gasteiger partial charge in [-0.25, -0.2) is 4.68 Å². The Hall–Kier alpha value is -1.52. The Bertz CT molecular complexity index is 332. The van der Waals surface area contributed by atoms with Crippen LogP contribution in [0.2, 0.25) is 0 Å². The molecule has 5 nitrogen and oxygen atoms in total. The van der Waals surface area contributed by atoms with Crippen LogP contribution in [0.1, 0.15) is 17.4 Å². The number of carbonyl (C=O) groups excluding carboxylic acids is 1. The number of aryl methyl sites for hydroxylation is 1. The molecule has 13 heavy (non-hydrogen) atoms. The van der Waals surface area contributed by atoms with E-state index in [2.05, 4.69) is 5.10 Å². The van der Waals surface area contributed by atoms with Gasteiger partial charge in [0.2, 0.25) is 5.75 Å². The van der Waals surface area contributed by atoms with E-state index in [1.165, 1.54) is 0 Å². The topological polar surface area (TPSA) is 53.4 Å². The van der Waals surface area contributed by atoms with Gasteiger partial charge in [0.15, 0.2) is 12.0 Å². The molecule has 0 saturated heterocycles. The van der Waals surface area contributed by atoms with Crippen molar-refractivity contribution in [3.8, 4) is 11.6 Å². The van der Waals surface area contributed by atoms with Crippen LogP contribution in [0.25, 0.3) is 0 Å². The lowest BCUT2D eigenvalue weighted by Gasteiger charge is -2.15. The molecule has 2 heterocycles. The first-order chi connectivity index (χ1) is 6.36. The first-order valence-electron chi connectivity index (χ1n) is 4.18. The number of hydrogen-bond acceptors (Lipinski definition) is 4. The molecule has 0 bridgehead atoms. The summed E-state index contributed by atoms with van der Waals surface area (Å²) in [7, 11) is 0. The second-order valence-electron chi connectivity index (χ2n) is 2.65. The molecule has 70 valence electrons. The Morgan fingerprint density at radius 3 is 3.00 bits per heavy atom. The number of hydrogen-bond donors (Lipinski definition) is 0. The lowest BCUT2D eigenvalue weighted by atomic mass is 10.4. The summed E-state index contributed by atoms with van der Waals surface area (Å²) in [6.45, 7) is 3.58. The Kier molecular flexibility index (Phi) is 1.92. The van der Waals surface area contributed by atoms with Crippen molar-refractivity contribution in [2.75, 3.05) is 13.2 Å². The third-order valence-electron chi connectivity index (χ3n) is 1.87. The van der Waals surface area contributed by atoms with Crippen LogP contribution >= 0.6 is 0 Å². The zero-order valence-corrected chi connectivity index (χ0v) is 7.32. The second-order valence-corrected chi connectivity index (χ2v) is 2.65. The predicted molar refractivity (Wildman–Crippen MR) is 44.3 cm³/mol. The van der Waals surface area contributed by atoms with Gasteiger partial charge in [-0.05, 0) is 6.92 Å². The van der Waals surface area contributed by atoms with Crippen LogP contribution in [0.15, 0.2) is 0 Å². The molecule has 0 aliphatic carbocycles. The van der Waals surface area contributed by atoms with Gasteiger partial charge < -0.3 is 9.47 Å². The van der Waals surface area contributed by atoms with E-state index < -0.39 is 0 Å². The molecule has 0 unspecified atom stereocenters. The van der Waals surface area contributed by atoms with Gasteiger partial charge in [0.05, 0.1) is 0 Å². The van der Waals surface area contributed by atoms with Gasteiger partial charge in [-0.2, -0.15) is 5.10 Å². The van der Waals surface area contributed by atoms with Gasteiger partial charge >= 0.3 is 0 Å². The van der Waals surface area contributed by atoms with Crippen molar-refractivity contribution in [2.45, 2.75) is 13.5 Å². The SMILES string of the molecule is CCn1nc(C=O)c2c1OCCO2. The second kappa shape index (κ2) is 3.08. The number of aldehydes is 1. The molecule has 1 aromatic heterocycles. The van der Waals surface area contributed by atoms with Gasteiger partial charge in [0, 0.05) is 6.54 Å². The quantitative estimate of drug-likeness (QED) is 0.624. The molecule has 0 N–H and O–H groups in total. The van der Waals surface area contributed by atoms with Crippen molar-refractivity contribution in [3.05, 3.63) is 5.69 Å². The summed E-state index contributed by atoms with van der Waals surface area (Å²) >= 11 is 0. The van der Waals surface area contributed by atoms with E-state index in [1.54, 1.807) is 4.68 Å². The summed E-state index contributed by atoms with van der Waals surface area (Å²) in [5.41, 5.74) is 0.316. The normalized spacial score (nSPS) is 14.2. The first kappa shape index (κ1) is 8.10. The van der Waals surface area contributed by atoms with Crippen molar-refractivity contribution in [1.82, 2.24) is 9.78 Å². The number of nitrogens with zero attached hydrogens (tertiary/aromatic N) is 2. The van der Waals surface area contributed by atoms with Crippen molar-refractivity contribution in [1.29, 1.82) is 0 Å². The Labute approximate surface area is 75.2 Å². The monoisotopic (exact) mass is 182 g/mol. The van der Waals surface area contributed by atoms with Crippen LogP contribution in [0.5, 0.6) is 11.6 Å². The summed E-state index contributed by atoms with van der Waals surface area (Å²) in [6.07, 6.45) is 0.680. The van der Waals surface area contributed by atoms with Crippen LogP contribution in [0, 0.1) is 0 Å². The Morgan fingerprint density at radius 2 is 2.31 bits per heavy atom. The number of fused-ring (bicyclic) bond motifs is 1. The zero-order chi connectivity index (χ0) is 9.26. The summed E-state index contributed by atoms with van der Waals surface area (Å²) in [6, 6.07) is 0. The van der Waals surface area contributed by atoms with E-state index in [0.29, 0.717) is 43.4 Å². The number of rotatable bonds is 2. The third kappa shape index (κ3) is 1.16.